The zero-order valence-electron chi connectivity index (χ0n) is 6.32. The summed E-state index contributed by atoms with van der Waals surface area (Å²) in [6, 6.07) is 0. The Morgan fingerprint density at radius 3 is 2.27 bits per heavy atom. The van der Waals surface area contributed by atoms with Crippen molar-refractivity contribution in [1.29, 1.82) is 0 Å². The van der Waals surface area contributed by atoms with Crippen molar-refractivity contribution in [2.45, 2.75) is 38.7 Å². The Morgan fingerprint density at radius 1 is 1.27 bits per heavy atom. The summed E-state index contributed by atoms with van der Waals surface area (Å²) in [5.41, 5.74) is 0. The number of hydrogen-bond donors (Lipinski definition) is 0. The molecule has 1 saturated carbocycles. The van der Waals surface area contributed by atoms with Crippen LogP contribution in [0.15, 0.2) is 0 Å². The van der Waals surface area contributed by atoms with Gasteiger partial charge in [-0.2, -0.15) is 0 Å². The van der Waals surface area contributed by atoms with Gasteiger partial charge in [-0.3, -0.25) is 4.74 Å². The van der Waals surface area contributed by atoms with Gasteiger partial charge in [0.15, 0.2) is 0 Å². The highest BCUT2D eigenvalue weighted by atomic mass is 19.4. The lowest BCUT2D eigenvalue weighted by Crippen LogP contribution is -2.21. The molecule has 0 bridgehead atoms. The second kappa shape index (κ2) is 3.01. The van der Waals surface area contributed by atoms with E-state index in [1.54, 1.807) is 0 Å². The van der Waals surface area contributed by atoms with Crippen molar-refractivity contribution >= 4 is 0 Å². The average molecular weight is 168 g/mol. The number of halogens is 3. The van der Waals surface area contributed by atoms with E-state index in [0.29, 0.717) is 18.8 Å². The molecule has 1 aliphatic carbocycles. The predicted molar refractivity (Wildman–Crippen MR) is 33.9 cm³/mol. The summed E-state index contributed by atoms with van der Waals surface area (Å²) in [5, 5.41) is 0. The van der Waals surface area contributed by atoms with Crippen LogP contribution in [0.3, 0.4) is 0 Å². The summed E-state index contributed by atoms with van der Waals surface area (Å²) in [4.78, 5) is 0. The highest BCUT2D eigenvalue weighted by molar-refractivity contribution is 4.72. The quantitative estimate of drug-likeness (QED) is 0.585. The van der Waals surface area contributed by atoms with E-state index in [1.807, 2.05) is 6.92 Å². The Labute approximate surface area is 63.5 Å². The van der Waals surface area contributed by atoms with Crippen molar-refractivity contribution in [3.05, 3.63) is 0 Å². The van der Waals surface area contributed by atoms with Gasteiger partial charge in [0, 0.05) is 0 Å². The second-order valence-electron chi connectivity index (χ2n) is 3.10. The first kappa shape index (κ1) is 8.84. The van der Waals surface area contributed by atoms with Gasteiger partial charge in [-0.15, -0.1) is 13.2 Å². The molecule has 0 aromatic heterocycles. The molecule has 0 aliphatic heterocycles. The maximum absolute atomic E-state index is 11.6. The Hall–Kier alpha value is -0.250. The van der Waals surface area contributed by atoms with Crippen LogP contribution in [0.2, 0.25) is 0 Å². The van der Waals surface area contributed by atoms with Crippen LogP contribution in [-0.4, -0.2) is 12.5 Å². The van der Waals surface area contributed by atoms with Crippen molar-refractivity contribution < 1.29 is 17.9 Å². The van der Waals surface area contributed by atoms with E-state index in [4.69, 9.17) is 0 Å². The number of ether oxygens (including phenoxy) is 1. The van der Waals surface area contributed by atoms with Gasteiger partial charge in [-0.1, -0.05) is 6.92 Å². The van der Waals surface area contributed by atoms with Crippen LogP contribution in [0.5, 0.6) is 0 Å². The minimum atomic E-state index is -4.45. The van der Waals surface area contributed by atoms with Crippen molar-refractivity contribution in [1.82, 2.24) is 0 Å². The minimum absolute atomic E-state index is 0.377. The number of alkyl halides is 3. The monoisotopic (exact) mass is 168 g/mol. The van der Waals surface area contributed by atoms with E-state index < -0.39 is 12.5 Å². The Bertz CT molecular complexity index is 132. The SMILES string of the molecule is CC1CCC(OC(F)(F)F)C1. The van der Waals surface area contributed by atoms with Crippen LogP contribution < -0.4 is 0 Å². The molecule has 1 fully saturated rings. The van der Waals surface area contributed by atoms with Crippen LogP contribution in [0.4, 0.5) is 13.2 Å². The van der Waals surface area contributed by atoms with Crippen molar-refractivity contribution in [3.8, 4) is 0 Å². The zero-order valence-corrected chi connectivity index (χ0v) is 6.32. The molecule has 1 aliphatic rings. The highest BCUT2D eigenvalue weighted by Crippen LogP contribution is 2.31. The fourth-order valence-electron chi connectivity index (χ4n) is 1.45. The molecular weight excluding hydrogens is 157 g/mol. The van der Waals surface area contributed by atoms with E-state index >= 15 is 0 Å². The molecule has 11 heavy (non-hydrogen) atoms. The van der Waals surface area contributed by atoms with E-state index in [9.17, 15) is 13.2 Å². The van der Waals surface area contributed by atoms with Gasteiger partial charge in [-0.25, -0.2) is 0 Å². The molecule has 66 valence electrons. The normalized spacial score (nSPS) is 32.7. The molecule has 0 N–H and O–H groups in total. The molecule has 0 saturated heterocycles. The van der Waals surface area contributed by atoms with Gasteiger partial charge in [0.25, 0.3) is 0 Å². The molecule has 1 nitrogen and oxygen atoms in total. The maximum atomic E-state index is 11.6. The highest BCUT2D eigenvalue weighted by Gasteiger charge is 2.36. The first-order valence-corrected chi connectivity index (χ1v) is 3.72. The summed E-state index contributed by atoms with van der Waals surface area (Å²) in [7, 11) is 0. The third-order valence-corrected chi connectivity index (χ3v) is 1.95. The summed E-state index contributed by atoms with van der Waals surface area (Å²) in [6.07, 6.45) is -3.11. The number of hydrogen-bond acceptors (Lipinski definition) is 1. The Balaban J connectivity index is 2.29. The standard InChI is InChI=1S/C7H11F3O/c1-5-2-3-6(4-5)11-7(8,9)10/h5-6H,2-4H2,1H3. The fraction of sp³-hybridized carbons (Fsp3) is 1.00. The topological polar surface area (TPSA) is 9.23 Å². The van der Waals surface area contributed by atoms with E-state index in [2.05, 4.69) is 4.74 Å². The van der Waals surface area contributed by atoms with Gasteiger partial charge in [0.05, 0.1) is 6.10 Å². The number of rotatable bonds is 1. The van der Waals surface area contributed by atoms with Crippen molar-refractivity contribution in [2.24, 2.45) is 5.92 Å². The lowest BCUT2D eigenvalue weighted by molar-refractivity contribution is -0.341. The summed E-state index contributed by atoms with van der Waals surface area (Å²) >= 11 is 0. The molecule has 4 heteroatoms. The van der Waals surface area contributed by atoms with E-state index in [1.165, 1.54) is 0 Å². The van der Waals surface area contributed by atoms with Gasteiger partial charge >= 0.3 is 6.36 Å². The Kier molecular flexibility index (Phi) is 2.42. The summed E-state index contributed by atoms with van der Waals surface area (Å²) in [5.74, 6) is 0.377. The Morgan fingerprint density at radius 2 is 1.91 bits per heavy atom. The van der Waals surface area contributed by atoms with Gasteiger partial charge in [0.1, 0.15) is 0 Å². The van der Waals surface area contributed by atoms with Gasteiger partial charge in [-0.05, 0) is 25.2 Å². The van der Waals surface area contributed by atoms with Crippen LogP contribution in [0.25, 0.3) is 0 Å². The van der Waals surface area contributed by atoms with Crippen LogP contribution in [0.1, 0.15) is 26.2 Å². The molecule has 0 aromatic carbocycles. The molecule has 0 radical (unpaired) electrons. The molecule has 0 aromatic rings. The van der Waals surface area contributed by atoms with Crippen molar-refractivity contribution in [2.75, 3.05) is 0 Å². The lowest BCUT2D eigenvalue weighted by atomic mass is 10.1. The van der Waals surface area contributed by atoms with E-state index in [0.717, 1.165) is 6.42 Å². The molecule has 2 unspecified atom stereocenters. The first-order chi connectivity index (χ1) is 4.97. The minimum Gasteiger partial charge on any atom is -0.289 e. The molecular formula is C7H11F3O. The maximum Gasteiger partial charge on any atom is 0.522 e. The lowest BCUT2D eigenvalue weighted by Gasteiger charge is -2.13. The summed E-state index contributed by atoms with van der Waals surface area (Å²) in [6.45, 7) is 1.94. The zero-order chi connectivity index (χ0) is 8.48. The average Bonchev–Trinajstić information content (AvgIpc) is 2.10. The third-order valence-electron chi connectivity index (χ3n) is 1.95. The van der Waals surface area contributed by atoms with Gasteiger partial charge < -0.3 is 0 Å². The van der Waals surface area contributed by atoms with Crippen LogP contribution >= 0.6 is 0 Å². The van der Waals surface area contributed by atoms with Crippen LogP contribution in [-0.2, 0) is 4.74 Å². The summed E-state index contributed by atoms with van der Waals surface area (Å²) < 4.78 is 38.7. The molecule has 0 spiro atoms. The smallest absolute Gasteiger partial charge is 0.289 e. The van der Waals surface area contributed by atoms with Gasteiger partial charge in [0.2, 0.25) is 0 Å². The molecule has 0 heterocycles. The largest absolute Gasteiger partial charge is 0.522 e. The van der Waals surface area contributed by atoms with Crippen molar-refractivity contribution in [3.63, 3.8) is 0 Å². The predicted octanol–water partition coefficient (Wildman–Crippen LogP) is 2.71. The molecule has 2 atom stereocenters. The third kappa shape index (κ3) is 3.10. The molecule has 1 rings (SSSR count). The van der Waals surface area contributed by atoms with Crippen LogP contribution in [0, 0.1) is 5.92 Å². The first-order valence-electron chi connectivity index (χ1n) is 3.72. The fourth-order valence-corrected chi connectivity index (χ4v) is 1.45. The van der Waals surface area contributed by atoms with E-state index in [-0.39, 0.29) is 0 Å². The second-order valence-corrected chi connectivity index (χ2v) is 3.10. The molecule has 0 amide bonds.